The Balaban J connectivity index is 1.26. The van der Waals surface area contributed by atoms with Gasteiger partial charge in [-0.15, -0.1) is 0 Å². The molecule has 0 radical (unpaired) electrons. The average Bonchev–Trinajstić information content (AvgIpc) is 3.19. The van der Waals surface area contributed by atoms with Gasteiger partial charge in [0.25, 0.3) is 0 Å². The molecule has 10 heteroatoms. The summed E-state index contributed by atoms with van der Waals surface area (Å²) in [6, 6.07) is 10.7. The van der Waals surface area contributed by atoms with E-state index in [1.54, 1.807) is 4.90 Å². The molecular formula is C25H31F3N4O3. The van der Waals surface area contributed by atoms with Crippen LogP contribution < -0.4 is 5.32 Å². The summed E-state index contributed by atoms with van der Waals surface area (Å²) < 4.78 is 45.9. The Morgan fingerprint density at radius 1 is 1.20 bits per heavy atom. The lowest BCUT2D eigenvalue weighted by Crippen LogP contribution is -2.51. The number of carbonyl (C=O) groups is 2. The summed E-state index contributed by atoms with van der Waals surface area (Å²) in [4.78, 5) is 26.9. The molecule has 1 N–H and O–H groups in total. The van der Waals surface area contributed by atoms with Gasteiger partial charge in [-0.2, -0.15) is 18.3 Å². The van der Waals surface area contributed by atoms with Gasteiger partial charge in [-0.25, -0.2) is 0 Å². The number of aryl methyl sites for hydroxylation is 1. The summed E-state index contributed by atoms with van der Waals surface area (Å²) in [5, 5.41) is 6.54. The summed E-state index contributed by atoms with van der Waals surface area (Å²) in [5.41, 5.74) is 0.00377. The monoisotopic (exact) mass is 492 g/mol. The van der Waals surface area contributed by atoms with Crippen molar-refractivity contribution in [1.82, 2.24) is 20.0 Å². The maximum Gasteiger partial charge on any atom is 0.435 e. The number of benzene rings is 1. The molecule has 2 amide bonds. The second-order valence-corrected chi connectivity index (χ2v) is 9.56. The van der Waals surface area contributed by atoms with Gasteiger partial charge in [0.15, 0.2) is 5.69 Å². The lowest BCUT2D eigenvalue weighted by molar-refractivity contribution is -0.149. The minimum atomic E-state index is -4.54. The summed E-state index contributed by atoms with van der Waals surface area (Å²) in [6.07, 6.45) is -1.21. The van der Waals surface area contributed by atoms with Gasteiger partial charge in [0.05, 0.1) is 5.60 Å². The Bertz CT molecular complexity index is 1030. The first kappa shape index (κ1) is 25.2. The lowest BCUT2D eigenvalue weighted by Gasteiger charge is -2.46. The number of piperidine rings is 1. The van der Waals surface area contributed by atoms with Crippen molar-refractivity contribution in [3.05, 3.63) is 53.3 Å². The highest BCUT2D eigenvalue weighted by Crippen LogP contribution is 2.39. The molecule has 1 aromatic heterocycles. The zero-order valence-electron chi connectivity index (χ0n) is 19.8. The van der Waals surface area contributed by atoms with Gasteiger partial charge in [-0.3, -0.25) is 14.3 Å². The molecule has 2 fully saturated rings. The largest absolute Gasteiger partial charge is 0.435 e. The predicted molar refractivity (Wildman–Crippen MR) is 122 cm³/mol. The van der Waals surface area contributed by atoms with Gasteiger partial charge < -0.3 is 15.0 Å². The van der Waals surface area contributed by atoms with E-state index in [1.807, 2.05) is 30.3 Å². The number of ether oxygens (including phenoxy) is 1. The molecule has 35 heavy (non-hydrogen) atoms. The summed E-state index contributed by atoms with van der Waals surface area (Å²) >= 11 is 0. The molecule has 1 aromatic carbocycles. The van der Waals surface area contributed by atoms with Crippen LogP contribution >= 0.6 is 0 Å². The van der Waals surface area contributed by atoms with E-state index in [0.29, 0.717) is 51.2 Å². The van der Waals surface area contributed by atoms with E-state index in [2.05, 4.69) is 10.4 Å². The number of nitrogens with zero attached hydrogens (tertiary/aromatic N) is 3. The maximum absolute atomic E-state index is 12.9. The first-order chi connectivity index (χ1) is 16.6. The molecule has 0 aliphatic carbocycles. The molecule has 1 unspecified atom stereocenters. The summed E-state index contributed by atoms with van der Waals surface area (Å²) in [6.45, 7) is 3.31. The van der Waals surface area contributed by atoms with E-state index in [-0.39, 0.29) is 29.9 Å². The molecule has 1 atom stereocenters. The first-order valence-electron chi connectivity index (χ1n) is 12.0. The normalized spacial score (nSPS) is 20.1. The fraction of sp³-hybridized carbons (Fsp3) is 0.560. The number of amides is 2. The van der Waals surface area contributed by atoms with Crippen LogP contribution in [0.2, 0.25) is 0 Å². The Kier molecular flexibility index (Phi) is 7.49. The topological polar surface area (TPSA) is 76.5 Å². The Hall–Kier alpha value is -2.88. The van der Waals surface area contributed by atoms with Crippen LogP contribution in [0.4, 0.5) is 13.2 Å². The van der Waals surface area contributed by atoms with Crippen molar-refractivity contribution >= 4 is 11.8 Å². The Morgan fingerprint density at radius 2 is 1.91 bits per heavy atom. The molecule has 190 valence electrons. The van der Waals surface area contributed by atoms with E-state index in [0.717, 1.165) is 29.2 Å². The van der Waals surface area contributed by atoms with Crippen LogP contribution in [0.3, 0.4) is 0 Å². The fourth-order valence-corrected chi connectivity index (χ4v) is 4.98. The first-order valence-corrected chi connectivity index (χ1v) is 12.0. The number of hydrogen-bond donors (Lipinski definition) is 1. The third-order valence-corrected chi connectivity index (χ3v) is 6.99. The maximum atomic E-state index is 12.9. The smallest absolute Gasteiger partial charge is 0.375 e. The molecule has 4 rings (SSSR count). The second kappa shape index (κ2) is 10.4. The van der Waals surface area contributed by atoms with Crippen molar-refractivity contribution in [3.8, 4) is 0 Å². The van der Waals surface area contributed by atoms with Gasteiger partial charge in [-0.05, 0) is 50.2 Å². The summed E-state index contributed by atoms with van der Waals surface area (Å²) in [7, 11) is 0. The van der Waals surface area contributed by atoms with E-state index in [1.165, 1.54) is 6.92 Å². The number of nitrogens with one attached hydrogen (secondary N) is 1. The second-order valence-electron chi connectivity index (χ2n) is 9.56. The molecule has 2 aliphatic rings. The highest BCUT2D eigenvalue weighted by atomic mass is 19.4. The van der Waals surface area contributed by atoms with Gasteiger partial charge >= 0.3 is 6.18 Å². The number of halogens is 3. The van der Waals surface area contributed by atoms with E-state index in [4.69, 9.17) is 4.74 Å². The molecule has 0 bridgehead atoms. The van der Waals surface area contributed by atoms with Crippen molar-refractivity contribution < 1.29 is 27.5 Å². The van der Waals surface area contributed by atoms with Crippen LogP contribution in [0, 0.1) is 12.8 Å². The highest BCUT2D eigenvalue weighted by molar-refractivity contribution is 5.76. The molecular weight excluding hydrogens is 461 g/mol. The van der Waals surface area contributed by atoms with Gasteiger partial charge in [0.2, 0.25) is 11.8 Å². The van der Waals surface area contributed by atoms with Gasteiger partial charge in [0.1, 0.15) is 6.54 Å². The van der Waals surface area contributed by atoms with E-state index in [9.17, 15) is 22.8 Å². The van der Waals surface area contributed by atoms with Gasteiger partial charge in [0, 0.05) is 38.4 Å². The van der Waals surface area contributed by atoms with Crippen molar-refractivity contribution in [2.24, 2.45) is 5.92 Å². The van der Waals surface area contributed by atoms with Crippen molar-refractivity contribution in [3.63, 3.8) is 0 Å². The average molecular weight is 493 g/mol. The van der Waals surface area contributed by atoms with Crippen LogP contribution in [0.1, 0.15) is 49.1 Å². The van der Waals surface area contributed by atoms with Crippen LogP contribution in [0.15, 0.2) is 36.4 Å². The standard InChI is InChI=1S/C25H31F3N4O3/c1-18-13-21(25(26,27)28)30-32(18)17-23(34)31-10-8-24(9-11-31)15-20(7-12-35-24)14-22(33)29-16-19-5-3-2-4-6-19/h2-6,13,20H,7-12,14-17H2,1H3,(H,29,33). The molecule has 7 nitrogen and oxygen atoms in total. The third-order valence-electron chi connectivity index (χ3n) is 6.99. The quantitative estimate of drug-likeness (QED) is 0.667. The lowest BCUT2D eigenvalue weighted by atomic mass is 9.78. The molecule has 2 saturated heterocycles. The zero-order valence-corrected chi connectivity index (χ0v) is 19.8. The van der Waals surface area contributed by atoms with E-state index >= 15 is 0 Å². The molecule has 2 aliphatic heterocycles. The van der Waals surface area contributed by atoms with Crippen LogP contribution in [0.25, 0.3) is 0 Å². The number of hydrogen-bond acceptors (Lipinski definition) is 4. The highest BCUT2D eigenvalue weighted by Gasteiger charge is 2.41. The molecule has 0 saturated carbocycles. The van der Waals surface area contributed by atoms with Crippen LogP contribution in [-0.4, -0.2) is 51.8 Å². The predicted octanol–water partition coefficient (Wildman–Crippen LogP) is 3.70. The Morgan fingerprint density at radius 3 is 2.57 bits per heavy atom. The Labute approximate surface area is 202 Å². The molecule has 2 aromatic rings. The van der Waals surface area contributed by atoms with Crippen molar-refractivity contribution in [2.45, 2.75) is 63.9 Å². The number of rotatable bonds is 6. The van der Waals surface area contributed by atoms with Crippen LogP contribution in [0.5, 0.6) is 0 Å². The number of likely N-dealkylation sites (tertiary alicyclic amines) is 1. The zero-order chi connectivity index (χ0) is 25.1. The van der Waals surface area contributed by atoms with Crippen molar-refractivity contribution in [1.29, 1.82) is 0 Å². The number of alkyl halides is 3. The molecule has 3 heterocycles. The minimum Gasteiger partial charge on any atom is -0.375 e. The SMILES string of the molecule is Cc1cc(C(F)(F)F)nn1CC(=O)N1CCC2(CC1)CC(CC(=O)NCc1ccccc1)CCO2. The summed E-state index contributed by atoms with van der Waals surface area (Å²) in [5.74, 6) is -0.0157. The third kappa shape index (κ3) is 6.42. The number of aromatic nitrogens is 2. The molecule has 1 spiro atoms. The minimum absolute atomic E-state index is 0.0244. The van der Waals surface area contributed by atoms with E-state index < -0.39 is 11.9 Å². The van der Waals surface area contributed by atoms with Crippen molar-refractivity contribution in [2.75, 3.05) is 19.7 Å². The fourth-order valence-electron chi connectivity index (χ4n) is 4.98. The van der Waals surface area contributed by atoms with Gasteiger partial charge in [-0.1, -0.05) is 30.3 Å². The number of carbonyl (C=O) groups excluding carboxylic acids is 2. The van der Waals surface area contributed by atoms with Crippen LogP contribution in [-0.2, 0) is 33.6 Å².